The molecule has 0 aliphatic heterocycles. The van der Waals surface area contributed by atoms with Gasteiger partial charge in [0, 0.05) is 6.42 Å². The van der Waals surface area contributed by atoms with Gasteiger partial charge in [0.2, 0.25) is 0 Å². The Morgan fingerprint density at radius 1 is 0.789 bits per heavy atom. The first kappa shape index (κ1) is 21.2. The molecule has 0 rings (SSSR count). The summed E-state index contributed by atoms with van der Waals surface area (Å²) in [7, 11) is 2.70. The molecule has 0 fully saturated rings. The number of carboxylic acids is 1. The van der Waals surface area contributed by atoms with Gasteiger partial charge in [0.25, 0.3) is 0 Å². The number of unbranched alkanes of at least 4 members (excludes halogenated alkanes) is 9. The summed E-state index contributed by atoms with van der Waals surface area (Å²) >= 11 is 0. The van der Waals surface area contributed by atoms with Crippen molar-refractivity contribution >= 4 is 15.2 Å². The maximum atomic E-state index is 10.2. The molecule has 0 bridgehead atoms. The molecule has 1 unspecified atom stereocenters. The van der Waals surface area contributed by atoms with Gasteiger partial charge >= 0.3 is 5.97 Å². The van der Waals surface area contributed by atoms with Gasteiger partial charge in [-0.1, -0.05) is 78.1 Å². The topological polar surface area (TPSA) is 37.3 Å². The molecule has 0 amide bonds. The van der Waals surface area contributed by atoms with Crippen molar-refractivity contribution in [3.05, 3.63) is 0 Å². The van der Waals surface area contributed by atoms with E-state index in [1.165, 1.54) is 63.9 Å². The molecule has 0 aromatic rings. The summed E-state index contributed by atoms with van der Waals surface area (Å²) in [4.78, 5) is 10.2. The first-order valence-electron chi connectivity index (χ1n) is 8.10. The van der Waals surface area contributed by atoms with Crippen LogP contribution < -0.4 is 0 Å². The van der Waals surface area contributed by atoms with Crippen molar-refractivity contribution < 1.29 is 9.90 Å². The Morgan fingerprint density at radius 2 is 1.21 bits per heavy atom. The summed E-state index contributed by atoms with van der Waals surface area (Å²) in [5.41, 5.74) is 0. The average Bonchev–Trinajstić information content (AvgIpc) is 2.38. The molecule has 1 atom stereocenters. The molecule has 0 aromatic heterocycles. The highest BCUT2D eigenvalue weighted by Gasteiger charge is 1.96. The summed E-state index contributed by atoms with van der Waals surface area (Å²) in [6.45, 7) is 4.43. The molecule has 0 radical (unpaired) electrons. The minimum Gasteiger partial charge on any atom is -0.481 e. The average molecular weight is 290 g/mol. The van der Waals surface area contributed by atoms with E-state index in [0.29, 0.717) is 6.42 Å². The Bertz CT molecular complexity index is 170. The zero-order valence-corrected chi connectivity index (χ0v) is 14.3. The zero-order valence-electron chi connectivity index (χ0n) is 13.1. The molecule has 0 aromatic carbocycles. The summed E-state index contributed by atoms with van der Waals surface area (Å²) in [5, 5.41) is 8.41. The second-order valence-corrected chi connectivity index (χ2v) is 5.69. The van der Waals surface area contributed by atoms with Crippen molar-refractivity contribution in [2.75, 3.05) is 6.16 Å². The van der Waals surface area contributed by atoms with Gasteiger partial charge in [0.15, 0.2) is 0 Å². The van der Waals surface area contributed by atoms with E-state index in [4.69, 9.17) is 5.11 Å². The van der Waals surface area contributed by atoms with E-state index < -0.39 is 5.97 Å². The number of hydrogen-bond donors (Lipinski definition) is 1. The predicted octanol–water partition coefficient (Wildman–Crippen LogP) is 5.65. The predicted molar refractivity (Wildman–Crippen MR) is 89.0 cm³/mol. The van der Waals surface area contributed by atoms with Crippen molar-refractivity contribution in [1.82, 2.24) is 0 Å². The molecule has 3 heteroatoms. The third-order valence-electron chi connectivity index (χ3n) is 3.05. The van der Waals surface area contributed by atoms with Gasteiger partial charge in [0.05, 0.1) is 0 Å². The molecule has 1 N–H and O–H groups in total. The number of aliphatic carboxylic acids is 1. The van der Waals surface area contributed by atoms with Gasteiger partial charge in [-0.15, -0.1) is 9.24 Å². The fourth-order valence-electron chi connectivity index (χ4n) is 1.79. The van der Waals surface area contributed by atoms with E-state index in [2.05, 4.69) is 23.1 Å². The first-order valence-corrected chi connectivity index (χ1v) is 8.92. The Balaban J connectivity index is 0. The number of carbonyl (C=O) groups is 1. The maximum absolute atomic E-state index is 10.2. The lowest BCUT2D eigenvalue weighted by Gasteiger charge is -2.00. The van der Waals surface area contributed by atoms with Crippen LogP contribution in [-0.2, 0) is 4.79 Å². The van der Waals surface area contributed by atoms with Gasteiger partial charge < -0.3 is 5.11 Å². The molecule has 0 aliphatic rings. The lowest BCUT2D eigenvalue weighted by molar-refractivity contribution is -0.137. The van der Waals surface area contributed by atoms with Crippen molar-refractivity contribution in [3.63, 3.8) is 0 Å². The third kappa shape index (κ3) is 27.2. The lowest BCUT2D eigenvalue weighted by Crippen LogP contribution is -1.93. The second kappa shape index (κ2) is 20.2. The maximum Gasteiger partial charge on any atom is 0.303 e. The van der Waals surface area contributed by atoms with Gasteiger partial charge in [-0.3, -0.25) is 4.79 Å². The highest BCUT2D eigenvalue weighted by Crippen LogP contribution is 2.10. The molecule has 0 aliphatic carbocycles. The lowest BCUT2D eigenvalue weighted by atomic mass is 10.1. The normalized spacial score (nSPS) is 9.84. The molecular formula is C16H35O2P. The SMILES string of the molecule is CCCCCCCCCCCC(=O)O.CCCCP. The molecule has 19 heavy (non-hydrogen) atoms. The van der Waals surface area contributed by atoms with E-state index >= 15 is 0 Å². The molecule has 0 spiro atoms. The molecule has 0 heterocycles. The van der Waals surface area contributed by atoms with Crippen molar-refractivity contribution in [2.45, 2.75) is 90.9 Å². The van der Waals surface area contributed by atoms with Crippen LogP contribution in [0.4, 0.5) is 0 Å². The van der Waals surface area contributed by atoms with Crippen LogP contribution >= 0.6 is 9.24 Å². The summed E-state index contributed by atoms with van der Waals surface area (Å²) in [6.07, 6.45) is 15.4. The van der Waals surface area contributed by atoms with E-state index in [-0.39, 0.29) is 0 Å². The van der Waals surface area contributed by atoms with Crippen molar-refractivity contribution in [1.29, 1.82) is 0 Å². The monoisotopic (exact) mass is 290 g/mol. The molecule has 0 saturated heterocycles. The summed E-state index contributed by atoms with van der Waals surface area (Å²) < 4.78 is 0. The minimum atomic E-state index is -0.659. The van der Waals surface area contributed by atoms with Crippen LogP contribution in [0.2, 0.25) is 0 Å². The van der Waals surface area contributed by atoms with Crippen LogP contribution in [0.15, 0.2) is 0 Å². The Morgan fingerprint density at radius 3 is 1.53 bits per heavy atom. The number of carboxylic acid groups (broad SMARTS) is 1. The first-order chi connectivity index (χ1) is 9.18. The number of rotatable bonds is 12. The Labute approximate surface area is 123 Å². The van der Waals surface area contributed by atoms with Crippen LogP contribution in [-0.4, -0.2) is 17.2 Å². The van der Waals surface area contributed by atoms with Crippen LogP contribution in [0.5, 0.6) is 0 Å². The Hall–Kier alpha value is -0.100. The fourth-order valence-corrected chi connectivity index (χ4v) is 2.20. The van der Waals surface area contributed by atoms with Crippen molar-refractivity contribution in [3.8, 4) is 0 Å². The standard InChI is InChI=1S/C12H24O2.C4H11P/c1-2-3-4-5-6-7-8-9-10-11-12(13)14;1-2-3-4-5/h2-11H2,1H3,(H,13,14);2-5H2,1H3. The van der Waals surface area contributed by atoms with E-state index in [9.17, 15) is 4.79 Å². The molecule has 2 nitrogen and oxygen atoms in total. The van der Waals surface area contributed by atoms with Gasteiger partial charge in [-0.05, 0) is 12.6 Å². The van der Waals surface area contributed by atoms with Crippen LogP contribution in [0.1, 0.15) is 90.9 Å². The minimum absolute atomic E-state index is 0.343. The van der Waals surface area contributed by atoms with E-state index in [0.717, 1.165) is 12.8 Å². The van der Waals surface area contributed by atoms with Crippen LogP contribution in [0, 0.1) is 0 Å². The van der Waals surface area contributed by atoms with Crippen molar-refractivity contribution in [2.24, 2.45) is 0 Å². The summed E-state index contributed by atoms with van der Waals surface area (Å²) in [5.74, 6) is -0.659. The highest BCUT2D eigenvalue weighted by molar-refractivity contribution is 7.16. The van der Waals surface area contributed by atoms with E-state index in [1.54, 1.807) is 0 Å². The van der Waals surface area contributed by atoms with E-state index in [1.807, 2.05) is 0 Å². The molecular weight excluding hydrogens is 255 g/mol. The van der Waals surface area contributed by atoms with Gasteiger partial charge in [-0.2, -0.15) is 0 Å². The summed E-state index contributed by atoms with van der Waals surface area (Å²) in [6, 6.07) is 0. The second-order valence-electron chi connectivity index (χ2n) is 5.11. The van der Waals surface area contributed by atoms with Crippen LogP contribution in [0.25, 0.3) is 0 Å². The smallest absolute Gasteiger partial charge is 0.303 e. The zero-order chi connectivity index (χ0) is 14.8. The largest absolute Gasteiger partial charge is 0.481 e. The van der Waals surface area contributed by atoms with Gasteiger partial charge in [-0.25, -0.2) is 0 Å². The van der Waals surface area contributed by atoms with Gasteiger partial charge in [0.1, 0.15) is 0 Å². The molecule has 116 valence electrons. The molecule has 0 saturated carbocycles. The highest BCUT2D eigenvalue weighted by atomic mass is 31.0. The number of hydrogen-bond acceptors (Lipinski definition) is 1. The Kier molecular flexibility index (Phi) is 22.6. The fraction of sp³-hybridized carbons (Fsp3) is 0.938. The third-order valence-corrected chi connectivity index (χ3v) is 3.46. The quantitative estimate of drug-likeness (QED) is 0.372. The van der Waals surface area contributed by atoms with Crippen LogP contribution in [0.3, 0.4) is 0 Å².